The lowest BCUT2D eigenvalue weighted by Crippen LogP contribution is -2.43. The highest BCUT2D eigenvalue weighted by atomic mass is 32.2. The maximum atomic E-state index is 12.6. The van der Waals surface area contributed by atoms with Gasteiger partial charge in [0.05, 0.1) is 5.75 Å². The Hall–Kier alpha value is -2.38. The van der Waals surface area contributed by atoms with E-state index >= 15 is 0 Å². The molecule has 0 aromatic heterocycles. The van der Waals surface area contributed by atoms with Crippen LogP contribution >= 0.6 is 0 Å². The molecule has 2 aliphatic rings. The van der Waals surface area contributed by atoms with Crippen LogP contribution in [0.3, 0.4) is 0 Å². The lowest BCUT2D eigenvalue weighted by Gasteiger charge is -2.30. The number of rotatable bonds is 9. The Morgan fingerprint density at radius 3 is 2.42 bits per heavy atom. The van der Waals surface area contributed by atoms with Crippen LogP contribution in [0.25, 0.3) is 0 Å². The first kappa shape index (κ1) is 23.8. The molecule has 2 aromatic rings. The Bertz CT molecular complexity index is 1040. The lowest BCUT2D eigenvalue weighted by atomic mass is 9.97. The summed E-state index contributed by atoms with van der Waals surface area (Å²) < 4.78 is 26.3. The molecule has 0 spiro atoms. The zero-order valence-electron chi connectivity index (χ0n) is 19.5. The van der Waals surface area contributed by atoms with Crippen LogP contribution in [0.15, 0.2) is 48.5 Å². The van der Waals surface area contributed by atoms with E-state index in [0.717, 1.165) is 31.5 Å². The number of para-hydroxylation sites is 1. The van der Waals surface area contributed by atoms with Crippen LogP contribution in [0.5, 0.6) is 0 Å². The van der Waals surface area contributed by atoms with Crippen molar-refractivity contribution in [3.05, 3.63) is 65.2 Å². The molecule has 1 saturated heterocycles. The van der Waals surface area contributed by atoms with E-state index in [1.807, 2.05) is 6.92 Å². The molecular formula is C26H35N3O3S. The topological polar surface area (TPSA) is 69.7 Å². The first-order valence-electron chi connectivity index (χ1n) is 12.1. The zero-order valence-corrected chi connectivity index (χ0v) is 20.3. The number of hydrogen-bond acceptors (Lipinski definition) is 4. The average Bonchev–Trinajstić information content (AvgIpc) is 3.25. The van der Waals surface area contributed by atoms with Gasteiger partial charge in [0.1, 0.15) is 0 Å². The fraction of sp³-hybridized carbons (Fsp3) is 0.500. The number of carbonyl (C=O) groups is 1. The van der Waals surface area contributed by atoms with Gasteiger partial charge in [-0.15, -0.1) is 0 Å². The summed E-state index contributed by atoms with van der Waals surface area (Å²) in [7, 11) is -3.18. The first-order chi connectivity index (χ1) is 16.0. The van der Waals surface area contributed by atoms with E-state index in [-0.39, 0.29) is 17.6 Å². The Balaban J connectivity index is 1.23. The van der Waals surface area contributed by atoms with Crippen molar-refractivity contribution in [3.63, 3.8) is 0 Å². The molecule has 1 N–H and O–H groups in total. The summed E-state index contributed by atoms with van der Waals surface area (Å²) >= 11 is 0. The van der Waals surface area contributed by atoms with Crippen molar-refractivity contribution in [2.75, 3.05) is 30.3 Å². The van der Waals surface area contributed by atoms with Crippen LogP contribution in [-0.2, 0) is 34.3 Å². The summed E-state index contributed by atoms with van der Waals surface area (Å²) in [6.07, 6.45) is 3.84. The summed E-state index contributed by atoms with van der Waals surface area (Å²) in [6, 6.07) is 17.0. The number of nitrogens with zero attached hydrogens (tertiary/aromatic N) is 2. The van der Waals surface area contributed by atoms with Gasteiger partial charge in [-0.2, -0.15) is 0 Å². The second-order valence-corrected chi connectivity index (χ2v) is 11.3. The fourth-order valence-electron chi connectivity index (χ4n) is 4.74. The standard InChI is InChI=1S/C26H35N3O3S/c1-2-3-18-33(31,32)29-16-13-24(14-17-29)26(30)27-19-21-8-10-22(11-9-21)20-28-15-12-23-6-4-5-7-25(23)28/h4-11,24H,2-3,12-20H2,1H3,(H,27,30). The minimum absolute atomic E-state index is 0.0263. The third kappa shape index (κ3) is 5.95. The fourth-order valence-corrected chi connectivity index (χ4v) is 6.42. The lowest BCUT2D eigenvalue weighted by molar-refractivity contribution is -0.126. The van der Waals surface area contributed by atoms with Crippen molar-refractivity contribution in [3.8, 4) is 0 Å². The Kier molecular flexibility index (Phi) is 7.71. The molecule has 178 valence electrons. The second-order valence-electron chi connectivity index (χ2n) is 9.18. The molecule has 33 heavy (non-hydrogen) atoms. The van der Waals surface area contributed by atoms with Crippen LogP contribution in [0.2, 0.25) is 0 Å². The monoisotopic (exact) mass is 469 g/mol. The van der Waals surface area contributed by atoms with Crippen LogP contribution in [0.4, 0.5) is 5.69 Å². The third-order valence-corrected chi connectivity index (χ3v) is 8.78. The van der Waals surface area contributed by atoms with Crippen molar-refractivity contribution in [2.24, 2.45) is 5.92 Å². The van der Waals surface area contributed by atoms with E-state index in [4.69, 9.17) is 0 Å². The number of piperidine rings is 1. The largest absolute Gasteiger partial charge is 0.367 e. The number of benzene rings is 2. The Labute approximate surface area is 198 Å². The molecule has 0 unspecified atom stereocenters. The molecule has 0 bridgehead atoms. The number of fused-ring (bicyclic) bond motifs is 1. The molecule has 2 aliphatic heterocycles. The van der Waals surface area contributed by atoms with Gasteiger partial charge in [-0.25, -0.2) is 12.7 Å². The maximum Gasteiger partial charge on any atom is 0.223 e. The van der Waals surface area contributed by atoms with Crippen molar-refractivity contribution in [2.45, 2.75) is 52.1 Å². The second kappa shape index (κ2) is 10.7. The number of unbranched alkanes of at least 4 members (excludes halogenated alkanes) is 1. The third-order valence-electron chi connectivity index (χ3n) is 6.82. The Morgan fingerprint density at radius 1 is 1.00 bits per heavy atom. The highest BCUT2D eigenvalue weighted by Crippen LogP contribution is 2.28. The van der Waals surface area contributed by atoms with Crippen LogP contribution in [0.1, 0.15) is 49.3 Å². The van der Waals surface area contributed by atoms with Gasteiger partial charge in [-0.1, -0.05) is 55.8 Å². The number of amides is 1. The van der Waals surface area contributed by atoms with Crippen LogP contribution in [-0.4, -0.2) is 44.0 Å². The summed E-state index contributed by atoms with van der Waals surface area (Å²) in [4.78, 5) is 15.0. The normalized spacial score (nSPS) is 17.2. The van der Waals surface area contributed by atoms with Gasteiger partial charge in [-0.3, -0.25) is 4.79 Å². The van der Waals surface area contributed by atoms with Crippen molar-refractivity contribution in [1.82, 2.24) is 9.62 Å². The number of nitrogens with one attached hydrogen (secondary N) is 1. The summed E-state index contributed by atoms with van der Waals surface area (Å²) in [6.45, 7) is 5.32. The van der Waals surface area contributed by atoms with E-state index in [2.05, 4.69) is 58.7 Å². The molecular weight excluding hydrogens is 434 g/mol. The molecule has 6 nitrogen and oxygen atoms in total. The summed E-state index contributed by atoms with van der Waals surface area (Å²) in [5.41, 5.74) is 5.09. The summed E-state index contributed by atoms with van der Waals surface area (Å²) in [5, 5.41) is 3.04. The predicted octanol–water partition coefficient (Wildman–Crippen LogP) is 3.71. The Morgan fingerprint density at radius 2 is 1.70 bits per heavy atom. The maximum absolute atomic E-state index is 12.6. The minimum Gasteiger partial charge on any atom is -0.367 e. The van der Waals surface area contributed by atoms with Gasteiger partial charge in [0.15, 0.2) is 0 Å². The molecule has 0 atom stereocenters. The number of sulfonamides is 1. The quantitative estimate of drug-likeness (QED) is 0.608. The van der Waals surface area contributed by atoms with E-state index in [9.17, 15) is 13.2 Å². The van der Waals surface area contributed by atoms with Gasteiger partial charge in [0, 0.05) is 44.3 Å². The number of carbonyl (C=O) groups excluding carboxylic acids is 1. The molecule has 4 rings (SSSR count). The van der Waals surface area contributed by atoms with E-state index in [0.29, 0.717) is 38.9 Å². The SMILES string of the molecule is CCCCS(=O)(=O)N1CCC(C(=O)NCc2ccc(CN3CCc4ccccc43)cc2)CC1. The van der Waals surface area contributed by atoms with E-state index < -0.39 is 10.0 Å². The molecule has 2 heterocycles. The number of anilines is 1. The van der Waals surface area contributed by atoms with Gasteiger partial charge in [0.25, 0.3) is 0 Å². The summed E-state index contributed by atoms with van der Waals surface area (Å²) in [5.74, 6) is 0.121. The molecule has 1 amide bonds. The van der Waals surface area contributed by atoms with Crippen LogP contribution < -0.4 is 10.2 Å². The number of hydrogen-bond donors (Lipinski definition) is 1. The molecule has 0 aliphatic carbocycles. The van der Waals surface area contributed by atoms with Crippen molar-refractivity contribution in [1.29, 1.82) is 0 Å². The van der Waals surface area contributed by atoms with Crippen molar-refractivity contribution >= 4 is 21.6 Å². The van der Waals surface area contributed by atoms with E-state index in [1.165, 1.54) is 16.8 Å². The average molecular weight is 470 g/mol. The van der Waals surface area contributed by atoms with Crippen molar-refractivity contribution < 1.29 is 13.2 Å². The van der Waals surface area contributed by atoms with Gasteiger partial charge in [0.2, 0.25) is 15.9 Å². The molecule has 7 heteroatoms. The first-order valence-corrected chi connectivity index (χ1v) is 13.7. The molecule has 0 radical (unpaired) electrons. The highest BCUT2D eigenvalue weighted by Gasteiger charge is 2.30. The van der Waals surface area contributed by atoms with Gasteiger partial charge in [-0.05, 0) is 48.4 Å². The van der Waals surface area contributed by atoms with Gasteiger partial charge < -0.3 is 10.2 Å². The minimum atomic E-state index is -3.18. The zero-order chi connectivity index (χ0) is 23.3. The molecule has 2 aromatic carbocycles. The molecule has 1 fully saturated rings. The predicted molar refractivity (Wildman–Crippen MR) is 132 cm³/mol. The van der Waals surface area contributed by atoms with Gasteiger partial charge >= 0.3 is 0 Å². The van der Waals surface area contributed by atoms with Crippen LogP contribution in [0, 0.1) is 5.92 Å². The molecule has 0 saturated carbocycles. The highest BCUT2D eigenvalue weighted by molar-refractivity contribution is 7.89. The van der Waals surface area contributed by atoms with E-state index in [1.54, 1.807) is 4.31 Å². The smallest absolute Gasteiger partial charge is 0.223 e.